The number of nitrogens with one attached hydrogen (secondary N) is 3. The molecule has 1 aromatic heterocycles. The summed E-state index contributed by atoms with van der Waals surface area (Å²) in [6, 6.07) is 5.77. The number of aromatic nitrogens is 1. The quantitative estimate of drug-likeness (QED) is 0.512. The summed E-state index contributed by atoms with van der Waals surface area (Å²) in [5.41, 5.74) is 1.48. The first kappa shape index (κ1) is 19.8. The first-order valence-corrected chi connectivity index (χ1v) is 9.30. The van der Waals surface area contributed by atoms with Crippen molar-refractivity contribution < 1.29 is 9.18 Å². The molecule has 1 aromatic carbocycles. The average Bonchev–Trinajstić information content (AvgIpc) is 2.90. The Labute approximate surface area is 157 Å². The third kappa shape index (κ3) is 6.44. The fraction of sp³-hybridized carbons (Fsp3) is 0.389. The van der Waals surface area contributed by atoms with Gasteiger partial charge in [0.25, 0.3) is 0 Å². The molecule has 0 atom stereocenters. The average molecular weight is 377 g/mol. The molecular formula is C18H24FN5OS. The zero-order valence-corrected chi connectivity index (χ0v) is 16.0. The zero-order chi connectivity index (χ0) is 18.9. The number of anilines is 1. The van der Waals surface area contributed by atoms with Crippen LogP contribution in [0, 0.1) is 19.7 Å². The number of carbonyl (C=O) groups excluding carboxylic acids is 1. The summed E-state index contributed by atoms with van der Waals surface area (Å²) in [5.74, 6) is -0.139. The van der Waals surface area contributed by atoms with Crippen molar-refractivity contribution in [1.82, 2.24) is 15.6 Å². The first-order valence-electron chi connectivity index (χ1n) is 8.48. The van der Waals surface area contributed by atoms with Crippen LogP contribution in [0.25, 0.3) is 0 Å². The number of nitrogens with zero attached hydrogens (tertiary/aromatic N) is 2. The normalized spacial score (nSPS) is 11.3. The highest BCUT2D eigenvalue weighted by Crippen LogP contribution is 2.16. The first-order chi connectivity index (χ1) is 12.5. The van der Waals surface area contributed by atoms with E-state index in [9.17, 15) is 9.18 Å². The van der Waals surface area contributed by atoms with E-state index in [-0.39, 0.29) is 12.5 Å². The van der Waals surface area contributed by atoms with Gasteiger partial charge in [0, 0.05) is 30.1 Å². The smallest absolute Gasteiger partial charge is 0.246 e. The summed E-state index contributed by atoms with van der Waals surface area (Å²) < 4.78 is 13.1. The monoisotopic (exact) mass is 377 g/mol. The number of carbonyl (C=O) groups is 1. The topological polar surface area (TPSA) is 78.4 Å². The molecule has 0 saturated heterocycles. The van der Waals surface area contributed by atoms with Crippen LogP contribution >= 0.6 is 11.3 Å². The van der Waals surface area contributed by atoms with E-state index in [0.717, 1.165) is 17.1 Å². The highest BCUT2D eigenvalue weighted by molar-refractivity contribution is 7.11. The third-order valence-electron chi connectivity index (χ3n) is 3.54. The molecule has 1 amide bonds. The second-order valence-corrected chi connectivity index (χ2v) is 6.97. The Hall–Kier alpha value is -2.48. The summed E-state index contributed by atoms with van der Waals surface area (Å²) in [7, 11) is 0. The van der Waals surface area contributed by atoms with Gasteiger partial charge in [0.05, 0.1) is 10.7 Å². The number of aliphatic imine (C=N–C) groups is 1. The van der Waals surface area contributed by atoms with E-state index in [2.05, 4.69) is 32.9 Å². The summed E-state index contributed by atoms with van der Waals surface area (Å²) in [4.78, 5) is 22.0. The lowest BCUT2D eigenvalue weighted by Gasteiger charge is -2.10. The van der Waals surface area contributed by atoms with Crippen LogP contribution in [0.4, 0.5) is 10.1 Å². The van der Waals surface area contributed by atoms with E-state index >= 15 is 0 Å². The summed E-state index contributed by atoms with van der Waals surface area (Å²) in [6.45, 7) is 7.33. The number of hydrogen-bond donors (Lipinski definition) is 3. The molecule has 8 heteroatoms. The Bertz CT molecular complexity index is 755. The third-order valence-corrected chi connectivity index (χ3v) is 4.67. The van der Waals surface area contributed by atoms with Crippen LogP contribution in [0.1, 0.15) is 22.5 Å². The minimum absolute atomic E-state index is 0.0543. The lowest BCUT2D eigenvalue weighted by molar-refractivity contribution is -0.114. The van der Waals surface area contributed by atoms with Gasteiger partial charge in [-0.15, -0.1) is 11.3 Å². The number of aryl methyl sites for hydroxylation is 2. The predicted octanol–water partition coefficient (Wildman–Crippen LogP) is 2.64. The van der Waals surface area contributed by atoms with Gasteiger partial charge in [-0.05, 0) is 39.0 Å². The Morgan fingerprint density at radius 2 is 2.12 bits per heavy atom. The SMILES string of the molecule is CCNC(=NCC(=O)Nc1cccc(F)c1)NCCc1nc(C)c(C)s1. The number of amides is 1. The minimum Gasteiger partial charge on any atom is -0.357 e. The van der Waals surface area contributed by atoms with Gasteiger partial charge in [0.2, 0.25) is 5.91 Å². The van der Waals surface area contributed by atoms with Gasteiger partial charge in [0.1, 0.15) is 12.4 Å². The molecule has 0 radical (unpaired) electrons. The summed E-state index contributed by atoms with van der Waals surface area (Å²) in [6.07, 6.45) is 0.791. The van der Waals surface area contributed by atoms with Gasteiger partial charge in [-0.25, -0.2) is 14.4 Å². The number of halogens is 1. The number of hydrogen-bond acceptors (Lipinski definition) is 4. The molecule has 2 aromatic rings. The van der Waals surface area contributed by atoms with Crippen LogP contribution in [0.5, 0.6) is 0 Å². The van der Waals surface area contributed by atoms with Crippen molar-refractivity contribution in [3.63, 3.8) is 0 Å². The number of rotatable bonds is 7. The molecule has 140 valence electrons. The molecule has 26 heavy (non-hydrogen) atoms. The fourth-order valence-electron chi connectivity index (χ4n) is 2.19. The van der Waals surface area contributed by atoms with E-state index in [1.807, 2.05) is 13.8 Å². The van der Waals surface area contributed by atoms with E-state index in [1.54, 1.807) is 23.5 Å². The molecule has 0 fully saturated rings. The molecule has 0 aliphatic heterocycles. The van der Waals surface area contributed by atoms with E-state index in [1.165, 1.54) is 17.0 Å². The van der Waals surface area contributed by atoms with Crippen LogP contribution in [-0.4, -0.2) is 36.5 Å². The highest BCUT2D eigenvalue weighted by Gasteiger charge is 2.06. The molecule has 0 spiro atoms. The second-order valence-electron chi connectivity index (χ2n) is 5.68. The van der Waals surface area contributed by atoms with Gasteiger partial charge in [-0.3, -0.25) is 4.79 Å². The van der Waals surface area contributed by atoms with Crippen molar-refractivity contribution in [3.8, 4) is 0 Å². The van der Waals surface area contributed by atoms with Gasteiger partial charge >= 0.3 is 0 Å². The predicted molar refractivity (Wildman–Crippen MR) is 104 cm³/mol. The van der Waals surface area contributed by atoms with Crippen LogP contribution < -0.4 is 16.0 Å². The van der Waals surface area contributed by atoms with Crippen molar-refractivity contribution in [2.24, 2.45) is 4.99 Å². The Morgan fingerprint density at radius 1 is 1.31 bits per heavy atom. The lowest BCUT2D eigenvalue weighted by Crippen LogP contribution is -2.39. The largest absolute Gasteiger partial charge is 0.357 e. The maximum absolute atomic E-state index is 13.1. The molecule has 1 heterocycles. The molecule has 0 aliphatic rings. The number of benzene rings is 1. The number of thiazole rings is 1. The van der Waals surface area contributed by atoms with Crippen LogP contribution in [0.2, 0.25) is 0 Å². The molecule has 3 N–H and O–H groups in total. The fourth-order valence-corrected chi connectivity index (χ4v) is 3.13. The van der Waals surface area contributed by atoms with Crippen molar-refractivity contribution in [2.75, 3.05) is 25.0 Å². The highest BCUT2D eigenvalue weighted by atomic mass is 32.1. The lowest BCUT2D eigenvalue weighted by atomic mass is 10.3. The maximum atomic E-state index is 13.1. The molecule has 2 rings (SSSR count). The van der Waals surface area contributed by atoms with Crippen LogP contribution in [0.3, 0.4) is 0 Å². The van der Waals surface area contributed by atoms with Crippen molar-refractivity contribution in [2.45, 2.75) is 27.2 Å². The van der Waals surface area contributed by atoms with E-state index in [4.69, 9.17) is 0 Å². The van der Waals surface area contributed by atoms with Gasteiger partial charge in [-0.1, -0.05) is 6.07 Å². The molecule has 6 nitrogen and oxygen atoms in total. The summed E-state index contributed by atoms with van der Waals surface area (Å²) in [5, 5.41) is 9.98. The van der Waals surface area contributed by atoms with E-state index < -0.39 is 5.82 Å². The molecule has 0 aliphatic carbocycles. The van der Waals surface area contributed by atoms with Crippen molar-refractivity contribution in [1.29, 1.82) is 0 Å². The standard InChI is InChI=1S/C18H24FN5OS/c1-4-20-18(21-9-8-17-23-12(2)13(3)26-17)22-11-16(25)24-15-7-5-6-14(19)10-15/h5-7,10H,4,8-9,11H2,1-3H3,(H,24,25)(H2,20,21,22). The van der Waals surface area contributed by atoms with Gasteiger partial charge in [0.15, 0.2) is 5.96 Å². The van der Waals surface area contributed by atoms with Crippen molar-refractivity contribution in [3.05, 3.63) is 45.7 Å². The molecule has 0 bridgehead atoms. The molecule has 0 saturated carbocycles. The number of guanidine groups is 1. The Balaban J connectivity index is 1.83. The summed E-state index contributed by atoms with van der Waals surface area (Å²) >= 11 is 1.69. The van der Waals surface area contributed by atoms with Gasteiger partial charge < -0.3 is 16.0 Å². The second kappa shape index (κ2) is 9.86. The van der Waals surface area contributed by atoms with Crippen LogP contribution in [-0.2, 0) is 11.2 Å². The van der Waals surface area contributed by atoms with E-state index in [0.29, 0.717) is 24.7 Å². The van der Waals surface area contributed by atoms with Gasteiger partial charge in [-0.2, -0.15) is 0 Å². The van der Waals surface area contributed by atoms with Crippen LogP contribution in [0.15, 0.2) is 29.3 Å². The zero-order valence-electron chi connectivity index (χ0n) is 15.2. The maximum Gasteiger partial charge on any atom is 0.246 e. The minimum atomic E-state index is -0.394. The molecule has 0 unspecified atom stereocenters. The Morgan fingerprint density at radius 3 is 2.77 bits per heavy atom. The Kier molecular flexibility index (Phi) is 7.53. The molecular weight excluding hydrogens is 353 g/mol. The van der Waals surface area contributed by atoms with Crippen molar-refractivity contribution >= 4 is 28.9 Å².